The van der Waals surface area contributed by atoms with E-state index < -0.39 is 17.4 Å². The lowest BCUT2D eigenvalue weighted by molar-refractivity contribution is -0.156. The average Bonchev–Trinajstić information content (AvgIpc) is 2.65. The average molecular weight is 309 g/mol. The van der Waals surface area contributed by atoms with Crippen molar-refractivity contribution < 1.29 is 14.7 Å². The predicted molar refractivity (Wildman–Crippen MR) is 83.5 cm³/mol. The van der Waals surface area contributed by atoms with Crippen molar-refractivity contribution in [2.45, 2.75) is 59.0 Å². The minimum Gasteiger partial charge on any atom is -0.481 e. The van der Waals surface area contributed by atoms with Gasteiger partial charge in [-0.1, -0.05) is 0 Å². The van der Waals surface area contributed by atoms with E-state index in [0.717, 1.165) is 15.3 Å². The van der Waals surface area contributed by atoms with Crippen LogP contribution in [-0.2, 0) is 9.59 Å². The number of nitrogens with zero attached hydrogens (tertiary/aromatic N) is 1. The number of amides is 1. The van der Waals surface area contributed by atoms with Gasteiger partial charge in [-0.05, 0) is 52.7 Å². The highest BCUT2D eigenvalue weighted by molar-refractivity contribution is 7.12. The molecule has 1 saturated heterocycles. The molecule has 1 N–H and O–H groups in total. The number of likely N-dealkylation sites (tertiary alicyclic amines) is 1. The van der Waals surface area contributed by atoms with Crippen LogP contribution in [0.3, 0.4) is 0 Å². The lowest BCUT2D eigenvalue weighted by atomic mass is 9.81. The minimum atomic E-state index is -0.815. The molecule has 0 aliphatic carbocycles. The predicted octanol–water partition coefficient (Wildman–Crippen LogP) is 3.53. The minimum absolute atomic E-state index is 0.0493. The van der Waals surface area contributed by atoms with Crippen molar-refractivity contribution >= 4 is 23.2 Å². The van der Waals surface area contributed by atoms with Crippen molar-refractivity contribution in [3.8, 4) is 0 Å². The molecule has 0 radical (unpaired) electrons. The van der Waals surface area contributed by atoms with Crippen LogP contribution >= 0.6 is 11.3 Å². The van der Waals surface area contributed by atoms with Gasteiger partial charge < -0.3 is 10.0 Å². The maximum Gasteiger partial charge on any atom is 0.308 e. The number of thiophene rings is 1. The molecule has 1 aromatic rings. The van der Waals surface area contributed by atoms with Gasteiger partial charge in [0.25, 0.3) is 0 Å². The Hall–Kier alpha value is -1.36. The summed E-state index contributed by atoms with van der Waals surface area (Å²) in [6.45, 7) is 9.93. The molecule has 2 heterocycles. The molecule has 0 bridgehead atoms. The summed E-state index contributed by atoms with van der Waals surface area (Å²) in [5.74, 6) is -1.30. The second kappa shape index (κ2) is 5.44. The maximum absolute atomic E-state index is 12.4. The smallest absolute Gasteiger partial charge is 0.308 e. The summed E-state index contributed by atoms with van der Waals surface area (Å²) in [5.41, 5.74) is 0.603. The van der Waals surface area contributed by atoms with Crippen molar-refractivity contribution in [3.63, 3.8) is 0 Å². The molecule has 1 fully saturated rings. The molecule has 2 atom stereocenters. The molecule has 1 aliphatic heterocycles. The van der Waals surface area contributed by atoms with E-state index in [4.69, 9.17) is 0 Å². The normalized spacial score (nSPS) is 23.5. The molecule has 2 unspecified atom stereocenters. The van der Waals surface area contributed by atoms with E-state index in [1.807, 2.05) is 40.7 Å². The zero-order chi connectivity index (χ0) is 15.9. The molecule has 0 saturated carbocycles. The fraction of sp³-hybridized carbons (Fsp3) is 0.625. The monoisotopic (exact) mass is 309 g/mol. The fourth-order valence-electron chi connectivity index (χ4n) is 3.24. The summed E-state index contributed by atoms with van der Waals surface area (Å²) in [6, 6.07) is 1.67. The Labute approximate surface area is 129 Å². The van der Waals surface area contributed by atoms with Crippen molar-refractivity contribution in [3.05, 3.63) is 21.4 Å². The Morgan fingerprint density at radius 1 is 1.38 bits per heavy atom. The van der Waals surface area contributed by atoms with Crippen molar-refractivity contribution in [1.82, 2.24) is 4.90 Å². The number of rotatable bonds is 2. The third kappa shape index (κ3) is 2.98. The van der Waals surface area contributed by atoms with Crippen LogP contribution in [0.4, 0.5) is 0 Å². The second-order valence-corrected chi connectivity index (χ2v) is 8.19. The Morgan fingerprint density at radius 3 is 2.43 bits per heavy atom. The third-order valence-corrected chi connectivity index (χ3v) is 5.02. The topological polar surface area (TPSA) is 57.6 Å². The van der Waals surface area contributed by atoms with Crippen LogP contribution in [0.5, 0.6) is 0 Å². The molecule has 0 aromatic carbocycles. The second-order valence-electron chi connectivity index (χ2n) is 6.73. The molecule has 4 nitrogen and oxygen atoms in total. The first-order chi connectivity index (χ1) is 9.62. The Morgan fingerprint density at radius 2 is 2.00 bits per heavy atom. The maximum atomic E-state index is 12.4. The number of carbonyl (C=O) groups is 2. The number of hydrogen-bond donors (Lipinski definition) is 1. The molecular formula is C16H23NO3S. The standard InChI is InChI=1S/C16H23NO3S/c1-9-8-12(10(2)21-9)14-11(15(19)20)6-7-13(18)17(14)16(3,4)5/h8,11,14H,6-7H2,1-5H3,(H,19,20). The zero-order valence-electron chi connectivity index (χ0n) is 13.3. The molecule has 21 heavy (non-hydrogen) atoms. The molecule has 0 spiro atoms. The van der Waals surface area contributed by atoms with Gasteiger partial charge in [0.2, 0.25) is 5.91 Å². The number of carbonyl (C=O) groups excluding carboxylic acids is 1. The van der Waals surface area contributed by atoms with Crippen molar-refractivity contribution in [1.29, 1.82) is 0 Å². The fourth-order valence-corrected chi connectivity index (χ4v) is 4.21. The van der Waals surface area contributed by atoms with Gasteiger partial charge in [-0.25, -0.2) is 0 Å². The Kier molecular flexibility index (Phi) is 4.15. The van der Waals surface area contributed by atoms with Gasteiger partial charge in [-0.15, -0.1) is 11.3 Å². The first-order valence-corrected chi connectivity index (χ1v) is 8.06. The Balaban J connectivity index is 2.57. The summed E-state index contributed by atoms with van der Waals surface area (Å²) in [7, 11) is 0. The van der Waals surface area contributed by atoms with Gasteiger partial charge in [0.1, 0.15) is 0 Å². The van der Waals surface area contributed by atoms with Crippen LogP contribution in [0.1, 0.15) is 55.0 Å². The van der Waals surface area contributed by atoms with Gasteiger partial charge in [-0.2, -0.15) is 0 Å². The first kappa shape index (κ1) is 16.0. The summed E-state index contributed by atoms with van der Waals surface area (Å²) < 4.78 is 0. The zero-order valence-corrected chi connectivity index (χ0v) is 14.1. The van der Waals surface area contributed by atoms with Crippen LogP contribution in [0.25, 0.3) is 0 Å². The van der Waals surface area contributed by atoms with E-state index in [-0.39, 0.29) is 11.9 Å². The highest BCUT2D eigenvalue weighted by Gasteiger charge is 2.45. The van der Waals surface area contributed by atoms with E-state index in [1.54, 1.807) is 16.2 Å². The molecule has 2 rings (SSSR count). The number of carboxylic acid groups (broad SMARTS) is 1. The van der Waals surface area contributed by atoms with E-state index in [9.17, 15) is 14.7 Å². The van der Waals surface area contributed by atoms with Crippen LogP contribution in [0, 0.1) is 19.8 Å². The van der Waals surface area contributed by atoms with Gasteiger partial charge in [0.15, 0.2) is 0 Å². The number of carboxylic acids is 1. The van der Waals surface area contributed by atoms with Crippen LogP contribution < -0.4 is 0 Å². The van der Waals surface area contributed by atoms with Gasteiger partial charge in [0.05, 0.1) is 12.0 Å². The van der Waals surface area contributed by atoms with Gasteiger partial charge in [-0.3, -0.25) is 9.59 Å². The molecule has 5 heteroatoms. The van der Waals surface area contributed by atoms with E-state index >= 15 is 0 Å². The van der Waals surface area contributed by atoms with Gasteiger partial charge in [0, 0.05) is 21.7 Å². The SMILES string of the molecule is Cc1cc(C2C(C(=O)O)CCC(=O)N2C(C)(C)C)c(C)s1. The summed E-state index contributed by atoms with van der Waals surface area (Å²) >= 11 is 1.66. The quantitative estimate of drug-likeness (QED) is 0.909. The van der Waals surface area contributed by atoms with Crippen LogP contribution in [-0.4, -0.2) is 27.4 Å². The lowest BCUT2D eigenvalue weighted by Gasteiger charge is -2.47. The number of aliphatic carboxylic acids is 1. The number of aryl methyl sites for hydroxylation is 2. The first-order valence-electron chi connectivity index (χ1n) is 7.25. The van der Waals surface area contributed by atoms with Crippen LogP contribution in [0.15, 0.2) is 6.07 Å². The highest BCUT2D eigenvalue weighted by Crippen LogP contribution is 2.43. The van der Waals surface area contributed by atoms with E-state index in [0.29, 0.717) is 12.8 Å². The summed E-state index contributed by atoms with van der Waals surface area (Å²) in [4.78, 5) is 28.2. The number of hydrogen-bond acceptors (Lipinski definition) is 3. The lowest BCUT2D eigenvalue weighted by Crippen LogP contribution is -2.53. The van der Waals surface area contributed by atoms with E-state index in [2.05, 4.69) is 0 Å². The Bertz CT molecular complexity index is 571. The number of piperidine rings is 1. The summed E-state index contributed by atoms with van der Waals surface area (Å²) in [5, 5.41) is 9.60. The molecule has 1 aliphatic rings. The van der Waals surface area contributed by atoms with Gasteiger partial charge >= 0.3 is 5.97 Å². The van der Waals surface area contributed by atoms with E-state index in [1.165, 1.54) is 0 Å². The summed E-state index contributed by atoms with van der Waals surface area (Å²) in [6.07, 6.45) is 0.729. The van der Waals surface area contributed by atoms with Crippen molar-refractivity contribution in [2.24, 2.45) is 5.92 Å². The third-order valence-electron chi connectivity index (χ3n) is 4.04. The largest absolute Gasteiger partial charge is 0.481 e. The molecular weight excluding hydrogens is 286 g/mol. The molecule has 116 valence electrons. The highest BCUT2D eigenvalue weighted by atomic mass is 32.1. The van der Waals surface area contributed by atoms with Crippen LogP contribution in [0.2, 0.25) is 0 Å². The molecule has 1 aromatic heterocycles. The molecule has 1 amide bonds. The van der Waals surface area contributed by atoms with Crippen molar-refractivity contribution in [2.75, 3.05) is 0 Å².